The molecule has 0 aromatic heterocycles. The molecule has 142 valence electrons. The number of nitrogens with one attached hydrogen (secondary N) is 1. The summed E-state index contributed by atoms with van der Waals surface area (Å²) >= 11 is 9.27. The van der Waals surface area contributed by atoms with Crippen molar-refractivity contribution in [3.8, 4) is 0 Å². The largest absolute Gasteiger partial charge is 0.351 e. The Morgan fingerprint density at radius 2 is 1.29 bits per heavy atom. The number of hydrogen-bond donors (Lipinski definition) is 1. The van der Waals surface area contributed by atoms with Gasteiger partial charge in [0, 0.05) is 21.2 Å². The van der Waals surface area contributed by atoms with Gasteiger partial charge in [-0.05, 0) is 12.1 Å². The van der Waals surface area contributed by atoms with Gasteiger partial charge in [0.25, 0.3) is 0 Å². The molecule has 3 aromatic rings. The van der Waals surface area contributed by atoms with E-state index in [1.165, 1.54) is 11.1 Å². The van der Waals surface area contributed by atoms with E-state index in [1.54, 1.807) is 4.90 Å². The van der Waals surface area contributed by atoms with E-state index in [0.717, 1.165) is 41.2 Å². The highest BCUT2D eigenvalue weighted by molar-refractivity contribution is 9.10. The van der Waals surface area contributed by atoms with Crippen molar-refractivity contribution in [3.63, 3.8) is 0 Å². The average molecular weight is 452 g/mol. The standard InChI is InChI=1S/C24H23BrN2S/c25-22-13-11-21(12-14-22)24(28)27-17-15-26(16-18-27)23(19-7-3-1-4-8-19)20-9-5-2-6-10-20/h1-14,23H,15-18H2/p+1. The SMILES string of the molecule is S=C(c1ccc(Br)cc1)N1CC[NH+](C(c2ccccc2)c2ccccc2)CC1. The van der Waals surface area contributed by atoms with Gasteiger partial charge in [0.15, 0.2) is 0 Å². The van der Waals surface area contributed by atoms with Gasteiger partial charge in [-0.15, -0.1) is 0 Å². The second kappa shape index (κ2) is 8.99. The molecule has 1 aliphatic heterocycles. The molecule has 1 heterocycles. The third kappa shape index (κ3) is 4.35. The maximum Gasteiger partial charge on any atom is 0.139 e. The zero-order valence-electron chi connectivity index (χ0n) is 15.7. The Kier molecular flexibility index (Phi) is 6.20. The maximum atomic E-state index is 5.78. The molecule has 0 unspecified atom stereocenters. The summed E-state index contributed by atoms with van der Waals surface area (Å²) in [4.78, 5) is 4.92. The van der Waals surface area contributed by atoms with Gasteiger partial charge in [-0.25, -0.2) is 0 Å². The molecule has 0 radical (unpaired) electrons. The lowest BCUT2D eigenvalue weighted by Crippen LogP contribution is -3.15. The zero-order chi connectivity index (χ0) is 19.3. The molecule has 3 aromatic carbocycles. The molecule has 2 nitrogen and oxygen atoms in total. The molecule has 0 atom stereocenters. The van der Waals surface area contributed by atoms with Crippen LogP contribution in [-0.4, -0.2) is 36.1 Å². The van der Waals surface area contributed by atoms with Crippen molar-refractivity contribution in [2.75, 3.05) is 26.2 Å². The highest BCUT2D eigenvalue weighted by atomic mass is 79.9. The van der Waals surface area contributed by atoms with Crippen LogP contribution in [0.2, 0.25) is 0 Å². The molecular weight excluding hydrogens is 428 g/mol. The molecule has 4 rings (SSSR count). The van der Waals surface area contributed by atoms with Crippen molar-refractivity contribution in [3.05, 3.63) is 106 Å². The van der Waals surface area contributed by atoms with Crippen molar-refractivity contribution >= 4 is 33.1 Å². The van der Waals surface area contributed by atoms with Gasteiger partial charge in [-0.3, -0.25) is 0 Å². The lowest BCUT2D eigenvalue weighted by Gasteiger charge is -2.38. The number of nitrogens with zero attached hydrogens (tertiary/aromatic N) is 1. The highest BCUT2D eigenvalue weighted by Gasteiger charge is 2.30. The molecule has 0 bridgehead atoms. The molecule has 1 N–H and O–H groups in total. The van der Waals surface area contributed by atoms with Gasteiger partial charge >= 0.3 is 0 Å². The second-order valence-corrected chi connectivity index (χ2v) is 8.51. The van der Waals surface area contributed by atoms with Crippen LogP contribution in [0.5, 0.6) is 0 Å². The summed E-state index contributed by atoms with van der Waals surface area (Å²) in [7, 11) is 0. The van der Waals surface area contributed by atoms with Crippen molar-refractivity contribution in [1.82, 2.24) is 4.90 Å². The van der Waals surface area contributed by atoms with E-state index in [4.69, 9.17) is 12.2 Å². The summed E-state index contributed by atoms with van der Waals surface area (Å²) in [6, 6.07) is 30.5. The lowest BCUT2D eigenvalue weighted by atomic mass is 9.96. The van der Waals surface area contributed by atoms with E-state index < -0.39 is 0 Å². The first-order valence-corrected chi connectivity index (χ1v) is 10.9. The molecule has 1 saturated heterocycles. The normalized spacial score (nSPS) is 15.0. The third-order valence-corrected chi connectivity index (χ3v) is 6.48. The van der Waals surface area contributed by atoms with Gasteiger partial charge in [-0.2, -0.15) is 0 Å². The topological polar surface area (TPSA) is 7.68 Å². The van der Waals surface area contributed by atoms with Crippen LogP contribution in [0.15, 0.2) is 89.4 Å². The van der Waals surface area contributed by atoms with Crippen LogP contribution in [0.4, 0.5) is 0 Å². The minimum absolute atomic E-state index is 0.366. The number of hydrogen-bond acceptors (Lipinski definition) is 1. The summed E-state index contributed by atoms with van der Waals surface area (Å²) in [5.74, 6) is 0. The van der Waals surface area contributed by atoms with Gasteiger partial charge < -0.3 is 9.80 Å². The van der Waals surface area contributed by atoms with Crippen LogP contribution >= 0.6 is 28.1 Å². The molecule has 1 aliphatic rings. The van der Waals surface area contributed by atoms with Crippen molar-refractivity contribution < 1.29 is 4.90 Å². The van der Waals surface area contributed by atoms with Crippen LogP contribution in [0.25, 0.3) is 0 Å². The highest BCUT2D eigenvalue weighted by Crippen LogP contribution is 2.20. The minimum Gasteiger partial charge on any atom is -0.351 e. The Labute approximate surface area is 180 Å². The van der Waals surface area contributed by atoms with E-state index in [-0.39, 0.29) is 0 Å². The van der Waals surface area contributed by atoms with Crippen molar-refractivity contribution in [1.29, 1.82) is 0 Å². The summed E-state index contributed by atoms with van der Waals surface area (Å²) < 4.78 is 1.09. The molecule has 0 saturated carbocycles. The van der Waals surface area contributed by atoms with Gasteiger partial charge in [0.1, 0.15) is 11.0 Å². The Morgan fingerprint density at radius 3 is 1.79 bits per heavy atom. The second-order valence-electron chi connectivity index (χ2n) is 7.21. The quantitative estimate of drug-likeness (QED) is 0.596. The predicted molar refractivity (Wildman–Crippen MR) is 123 cm³/mol. The van der Waals surface area contributed by atoms with Gasteiger partial charge in [0.05, 0.1) is 26.2 Å². The summed E-state index contributed by atoms with van der Waals surface area (Å²) in [5.41, 5.74) is 3.89. The predicted octanol–water partition coefficient (Wildman–Crippen LogP) is 4.11. The summed E-state index contributed by atoms with van der Waals surface area (Å²) in [6.07, 6.45) is 0. The van der Waals surface area contributed by atoms with E-state index >= 15 is 0 Å². The number of thiocarbonyl (C=S) groups is 1. The average Bonchev–Trinajstić information content (AvgIpc) is 2.76. The van der Waals surface area contributed by atoms with E-state index in [9.17, 15) is 0 Å². The summed E-state index contributed by atoms with van der Waals surface area (Å²) in [6.45, 7) is 4.12. The molecule has 0 amide bonds. The molecule has 0 spiro atoms. The fourth-order valence-corrected chi connectivity index (χ4v) is 4.60. The molecule has 28 heavy (non-hydrogen) atoms. The first-order valence-electron chi connectivity index (χ1n) is 9.72. The first kappa shape index (κ1) is 19.3. The number of rotatable bonds is 4. The van der Waals surface area contributed by atoms with Crippen LogP contribution in [0.3, 0.4) is 0 Å². The molecule has 1 fully saturated rings. The van der Waals surface area contributed by atoms with Crippen LogP contribution in [0, 0.1) is 0 Å². The smallest absolute Gasteiger partial charge is 0.139 e. The Hall–Kier alpha value is -2.01. The third-order valence-electron chi connectivity index (χ3n) is 5.46. The monoisotopic (exact) mass is 451 g/mol. The Bertz CT molecular complexity index is 865. The fourth-order valence-electron chi connectivity index (χ4n) is 4.02. The molecule has 0 aliphatic carbocycles. The van der Waals surface area contributed by atoms with Crippen molar-refractivity contribution in [2.24, 2.45) is 0 Å². The first-order chi connectivity index (χ1) is 13.7. The number of piperazine rings is 1. The Balaban J connectivity index is 1.50. The van der Waals surface area contributed by atoms with E-state index in [1.807, 2.05) is 0 Å². The molecule has 4 heteroatoms. The van der Waals surface area contributed by atoms with Crippen molar-refractivity contribution in [2.45, 2.75) is 6.04 Å². The molecular formula is C24H24BrN2S+. The van der Waals surface area contributed by atoms with Crippen LogP contribution < -0.4 is 4.90 Å². The fraction of sp³-hybridized carbons (Fsp3) is 0.208. The number of halogens is 1. The summed E-state index contributed by atoms with van der Waals surface area (Å²) in [5, 5.41) is 0. The maximum absolute atomic E-state index is 5.78. The number of quaternary nitrogens is 1. The van der Waals surface area contributed by atoms with E-state index in [0.29, 0.717) is 6.04 Å². The zero-order valence-corrected chi connectivity index (χ0v) is 18.1. The number of benzene rings is 3. The lowest BCUT2D eigenvalue weighted by molar-refractivity contribution is -0.929. The van der Waals surface area contributed by atoms with Crippen LogP contribution in [-0.2, 0) is 0 Å². The Morgan fingerprint density at radius 1 is 0.786 bits per heavy atom. The van der Waals surface area contributed by atoms with Crippen LogP contribution in [0.1, 0.15) is 22.7 Å². The van der Waals surface area contributed by atoms with Gasteiger partial charge in [0.2, 0.25) is 0 Å². The minimum atomic E-state index is 0.366. The van der Waals surface area contributed by atoms with Gasteiger partial charge in [-0.1, -0.05) is 101 Å². The van der Waals surface area contributed by atoms with E-state index in [2.05, 4.69) is 106 Å².